The van der Waals surface area contributed by atoms with Gasteiger partial charge in [-0.2, -0.15) is 0 Å². The molecule has 152 valence electrons. The van der Waals surface area contributed by atoms with E-state index in [0.29, 0.717) is 17.9 Å². The minimum absolute atomic E-state index is 0.215. The molecule has 1 aromatic carbocycles. The van der Waals surface area contributed by atoms with Gasteiger partial charge < -0.3 is 13.9 Å². The van der Waals surface area contributed by atoms with Crippen LogP contribution in [0.5, 0.6) is 0 Å². The molecule has 6 heteroatoms. The number of esters is 2. The standard InChI is InChI=1S/C21H34O5Si/c1-8-15(14-17(9-2)26-27(5,6)7)13-16-11-10-12-18(20(22)24-3)19(16)21(23)25-4/h10-12,15,17H,8-9,13-14H2,1-7H3. The summed E-state index contributed by atoms with van der Waals surface area (Å²) in [6.45, 7) is 10.9. The van der Waals surface area contributed by atoms with E-state index in [4.69, 9.17) is 13.9 Å². The Labute approximate surface area is 164 Å². The summed E-state index contributed by atoms with van der Waals surface area (Å²) in [6.07, 6.45) is 3.77. The molecule has 2 atom stereocenters. The van der Waals surface area contributed by atoms with E-state index in [-0.39, 0.29) is 11.7 Å². The van der Waals surface area contributed by atoms with Gasteiger partial charge in [-0.05, 0) is 56.5 Å². The molecule has 0 amide bonds. The molecule has 5 nitrogen and oxygen atoms in total. The summed E-state index contributed by atoms with van der Waals surface area (Å²) in [5.41, 5.74) is 1.38. The van der Waals surface area contributed by atoms with Crippen LogP contribution >= 0.6 is 0 Å². The number of benzene rings is 1. The summed E-state index contributed by atoms with van der Waals surface area (Å²) in [5, 5.41) is 0. The van der Waals surface area contributed by atoms with Crippen LogP contribution in [0.15, 0.2) is 18.2 Å². The average Bonchev–Trinajstić information content (AvgIpc) is 2.64. The molecule has 0 saturated carbocycles. The van der Waals surface area contributed by atoms with Crippen LogP contribution in [0, 0.1) is 5.92 Å². The minimum atomic E-state index is -1.61. The lowest BCUT2D eigenvalue weighted by molar-refractivity contribution is 0.0553. The topological polar surface area (TPSA) is 61.8 Å². The molecule has 0 radical (unpaired) electrons. The summed E-state index contributed by atoms with van der Waals surface area (Å²) in [5.74, 6) is -0.687. The maximum absolute atomic E-state index is 12.4. The molecule has 0 saturated heterocycles. The molecule has 0 aliphatic rings. The molecule has 2 unspecified atom stereocenters. The number of carbonyl (C=O) groups is 2. The largest absolute Gasteiger partial charge is 0.465 e. The van der Waals surface area contributed by atoms with Crippen LogP contribution in [0.25, 0.3) is 0 Å². The maximum Gasteiger partial charge on any atom is 0.339 e. The zero-order valence-electron chi connectivity index (χ0n) is 17.8. The fourth-order valence-corrected chi connectivity index (χ4v) is 4.53. The van der Waals surface area contributed by atoms with Gasteiger partial charge >= 0.3 is 11.9 Å². The monoisotopic (exact) mass is 394 g/mol. The number of hydrogen-bond donors (Lipinski definition) is 0. The third-order valence-electron chi connectivity index (χ3n) is 4.60. The van der Waals surface area contributed by atoms with E-state index in [1.54, 1.807) is 12.1 Å². The van der Waals surface area contributed by atoms with E-state index in [9.17, 15) is 9.59 Å². The molecule has 0 fully saturated rings. The number of rotatable bonds is 10. The van der Waals surface area contributed by atoms with Crippen LogP contribution in [0.2, 0.25) is 19.6 Å². The molecule has 0 aliphatic heterocycles. The fourth-order valence-electron chi connectivity index (χ4n) is 3.27. The predicted octanol–water partition coefficient (Wildman–Crippen LogP) is 4.85. The molecule has 1 rings (SSSR count). The van der Waals surface area contributed by atoms with E-state index in [1.165, 1.54) is 14.2 Å². The van der Waals surface area contributed by atoms with Gasteiger partial charge in [-0.15, -0.1) is 0 Å². The fraction of sp³-hybridized carbons (Fsp3) is 0.619. The summed E-state index contributed by atoms with van der Waals surface area (Å²) in [6, 6.07) is 5.28. The molecule has 0 N–H and O–H groups in total. The van der Waals surface area contributed by atoms with E-state index >= 15 is 0 Å². The Morgan fingerprint density at radius 3 is 2.11 bits per heavy atom. The highest BCUT2D eigenvalue weighted by Crippen LogP contribution is 2.26. The molecule has 0 bridgehead atoms. The molecule has 0 aromatic heterocycles. The van der Waals surface area contributed by atoms with Crippen LogP contribution in [0.4, 0.5) is 0 Å². The molecular weight excluding hydrogens is 360 g/mol. The van der Waals surface area contributed by atoms with Crippen LogP contribution < -0.4 is 0 Å². The molecule has 1 aromatic rings. The van der Waals surface area contributed by atoms with Crippen LogP contribution in [-0.4, -0.2) is 40.6 Å². The van der Waals surface area contributed by atoms with Crippen molar-refractivity contribution in [2.24, 2.45) is 5.92 Å². The number of carbonyl (C=O) groups excluding carboxylic acids is 2. The van der Waals surface area contributed by atoms with Crippen LogP contribution in [0.1, 0.15) is 59.4 Å². The molecule has 0 heterocycles. The highest BCUT2D eigenvalue weighted by atomic mass is 28.4. The van der Waals surface area contributed by atoms with Crippen molar-refractivity contribution >= 4 is 20.3 Å². The van der Waals surface area contributed by atoms with Gasteiger partial charge in [0.2, 0.25) is 0 Å². The highest BCUT2D eigenvalue weighted by molar-refractivity contribution is 6.69. The quantitative estimate of drug-likeness (QED) is 0.419. The second-order valence-electron chi connectivity index (χ2n) is 7.80. The third-order valence-corrected chi connectivity index (χ3v) is 5.64. The summed E-state index contributed by atoms with van der Waals surface area (Å²) < 4.78 is 16.1. The Hall–Kier alpha value is -1.66. The Balaban J connectivity index is 3.13. The van der Waals surface area contributed by atoms with E-state index in [1.807, 2.05) is 6.07 Å². The number of methoxy groups -OCH3 is 2. The van der Waals surface area contributed by atoms with E-state index < -0.39 is 20.3 Å². The van der Waals surface area contributed by atoms with Crippen molar-refractivity contribution in [1.29, 1.82) is 0 Å². The van der Waals surface area contributed by atoms with Gasteiger partial charge in [0.05, 0.1) is 25.3 Å². The van der Waals surface area contributed by atoms with Crippen molar-refractivity contribution in [1.82, 2.24) is 0 Å². The maximum atomic E-state index is 12.4. The SMILES string of the molecule is CCC(Cc1cccc(C(=O)OC)c1C(=O)OC)CC(CC)O[Si](C)(C)C. The number of hydrogen-bond acceptors (Lipinski definition) is 5. The molecule has 0 spiro atoms. The summed E-state index contributed by atoms with van der Waals surface area (Å²) in [4.78, 5) is 24.5. The van der Waals surface area contributed by atoms with Crippen molar-refractivity contribution < 1.29 is 23.5 Å². The van der Waals surface area contributed by atoms with Crippen molar-refractivity contribution in [3.8, 4) is 0 Å². The smallest absolute Gasteiger partial charge is 0.339 e. The van der Waals surface area contributed by atoms with Gasteiger partial charge in [-0.3, -0.25) is 0 Å². The summed E-state index contributed by atoms with van der Waals surface area (Å²) >= 11 is 0. The first-order valence-electron chi connectivity index (χ1n) is 9.63. The highest BCUT2D eigenvalue weighted by Gasteiger charge is 2.26. The van der Waals surface area contributed by atoms with Gasteiger partial charge in [0.25, 0.3) is 0 Å². The van der Waals surface area contributed by atoms with Gasteiger partial charge in [-0.1, -0.05) is 32.4 Å². The van der Waals surface area contributed by atoms with E-state index in [2.05, 4.69) is 33.5 Å². The van der Waals surface area contributed by atoms with Gasteiger partial charge in [-0.25, -0.2) is 9.59 Å². The van der Waals surface area contributed by atoms with Crippen LogP contribution in [-0.2, 0) is 20.3 Å². The first-order chi connectivity index (χ1) is 12.7. The normalized spacial score (nSPS) is 13.7. The van der Waals surface area contributed by atoms with Gasteiger partial charge in [0.1, 0.15) is 0 Å². The van der Waals surface area contributed by atoms with Crippen molar-refractivity contribution in [2.45, 2.75) is 65.3 Å². The molecule has 0 aliphatic carbocycles. The zero-order valence-corrected chi connectivity index (χ0v) is 18.8. The Morgan fingerprint density at radius 2 is 1.63 bits per heavy atom. The third kappa shape index (κ3) is 7.11. The summed E-state index contributed by atoms with van der Waals surface area (Å²) in [7, 11) is 1.02. The molecular formula is C21H34O5Si. The van der Waals surface area contributed by atoms with Crippen molar-refractivity contribution in [3.05, 3.63) is 34.9 Å². The lowest BCUT2D eigenvalue weighted by Crippen LogP contribution is -2.33. The molecule has 27 heavy (non-hydrogen) atoms. The number of ether oxygens (including phenoxy) is 2. The zero-order chi connectivity index (χ0) is 20.6. The van der Waals surface area contributed by atoms with Crippen molar-refractivity contribution in [3.63, 3.8) is 0 Å². The lowest BCUT2D eigenvalue weighted by Gasteiger charge is -2.29. The van der Waals surface area contributed by atoms with Gasteiger partial charge in [0, 0.05) is 6.10 Å². The Kier molecular flexibility index (Phi) is 9.19. The second kappa shape index (κ2) is 10.6. The predicted molar refractivity (Wildman–Crippen MR) is 110 cm³/mol. The second-order valence-corrected chi connectivity index (χ2v) is 12.3. The first-order valence-corrected chi connectivity index (χ1v) is 13.0. The average molecular weight is 395 g/mol. The van der Waals surface area contributed by atoms with Crippen molar-refractivity contribution in [2.75, 3.05) is 14.2 Å². The van der Waals surface area contributed by atoms with E-state index in [0.717, 1.165) is 24.8 Å². The van der Waals surface area contributed by atoms with Gasteiger partial charge in [0.15, 0.2) is 8.32 Å². The minimum Gasteiger partial charge on any atom is -0.465 e. The first kappa shape index (κ1) is 23.4. The Bertz CT molecular complexity index is 636. The van der Waals surface area contributed by atoms with Crippen LogP contribution in [0.3, 0.4) is 0 Å². The lowest BCUT2D eigenvalue weighted by atomic mass is 9.87. The Morgan fingerprint density at radius 1 is 1.00 bits per heavy atom.